The summed E-state index contributed by atoms with van der Waals surface area (Å²) in [5.41, 5.74) is 1.66. The number of oxazole rings is 1. The molecule has 1 amide bonds. The third-order valence-corrected chi connectivity index (χ3v) is 4.47. The fourth-order valence-electron chi connectivity index (χ4n) is 3.23. The average molecular weight is 313 g/mol. The number of rotatable bonds is 3. The Balaban J connectivity index is 1.40. The van der Waals surface area contributed by atoms with Gasteiger partial charge in [0, 0.05) is 31.7 Å². The zero-order chi connectivity index (χ0) is 15.7. The van der Waals surface area contributed by atoms with Gasteiger partial charge in [-0.25, -0.2) is 4.98 Å². The summed E-state index contributed by atoms with van der Waals surface area (Å²) in [4.78, 5) is 18.1. The number of hydrogen-bond donors (Lipinski definition) is 1. The van der Waals surface area contributed by atoms with E-state index in [2.05, 4.69) is 15.2 Å². The second kappa shape index (κ2) is 5.79. The van der Waals surface area contributed by atoms with Crippen molar-refractivity contribution in [3.05, 3.63) is 42.3 Å². The Morgan fingerprint density at radius 3 is 2.96 bits per heavy atom. The fourth-order valence-corrected chi connectivity index (χ4v) is 3.23. The van der Waals surface area contributed by atoms with Gasteiger partial charge >= 0.3 is 0 Å². The molecule has 0 radical (unpaired) electrons. The summed E-state index contributed by atoms with van der Waals surface area (Å²) in [6.45, 7) is 3.23. The number of carbonyl (C=O) groups is 1. The average Bonchev–Trinajstić information content (AvgIpc) is 3.20. The number of aromatic nitrogens is 1. The molecule has 6 heteroatoms. The van der Waals surface area contributed by atoms with E-state index in [9.17, 15) is 4.79 Å². The highest BCUT2D eigenvalue weighted by atomic mass is 16.5. The van der Waals surface area contributed by atoms with Gasteiger partial charge in [-0.15, -0.1) is 0 Å². The van der Waals surface area contributed by atoms with Gasteiger partial charge in [0.1, 0.15) is 12.9 Å². The van der Waals surface area contributed by atoms with Crippen LogP contribution in [0.1, 0.15) is 12.1 Å². The van der Waals surface area contributed by atoms with Gasteiger partial charge in [0.15, 0.2) is 0 Å². The van der Waals surface area contributed by atoms with Crippen molar-refractivity contribution in [1.82, 2.24) is 15.2 Å². The van der Waals surface area contributed by atoms with E-state index in [1.165, 1.54) is 0 Å². The Hall–Kier alpha value is -2.18. The Morgan fingerprint density at radius 1 is 1.30 bits per heavy atom. The summed E-state index contributed by atoms with van der Waals surface area (Å²) in [5.74, 6) is 0.619. The van der Waals surface area contributed by atoms with Gasteiger partial charge in [0.2, 0.25) is 11.8 Å². The number of carbonyl (C=O) groups excluding carboxylic acids is 1. The molecule has 3 heterocycles. The SMILES string of the molecule is O=C1COC2(CCN(Cc3coc(-c4ccccc4)n3)C2)CN1. The van der Waals surface area contributed by atoms with E-state index in [1.807, 2.05) is 30.3 Å². The van der Waals surface area contributed by atoms with Crippen LogP contribution >= 0.6 is 0 Å². The van der Waals surface area contributed by atoms with Crippen molar-refractivity contribution in [1.29, 1.82) is 0 Å². The maximum Gasteiger partial charge on any atom is 0.246 e. The molecule has 0 aliphatic carbocycles. The minimum atomic E-state index is -0.236. The van der Waals surface area contributed by atoms with E-state index in [-0.39, 0.29) is 18.1 Å². The highest BCUT2D eigenvalue weighted by Crippen LogP contribution is 2.28. The smallest absolute Gasteiger partial charge is 0.246 e. The van der Waals surface area contributed by atoms with Crippen LogP contribution in [0.5, 0.6) is 0 Å². The molecule has 4 rings (SSSR count). The molecule has 23 heavy (non-hydrogen) atoms. The number of nitrogens with zero attached hydrogens (tertiary/aromatic N) is 2. The lowest BCUT2D eigenvalue weighted by molar-refractivity contribution is -0.142. The van der Waals surface area contributed by atoms with Gasteiger partial charge in [-0.3, -0.25) is 9.69 Å². The van der Waals surface area contributed by atoms with Crippen molar-refractivity contribution in [3.8, 4) is 11.5 Å². The minimum absolute atomic E-state index is 0.0296. The van der Waals surface area contributed by atoms with Gasteiger partial charge in [0.25, 0.3) is 0 Å². The van der Waals surface area contributed by atoms with Crippen LogP contribution in [0.25, 0.3) is 11.5 Å². The van der Waals surface area contributed by atoms with Crippen molar-refractivity contribution >= 4 is 5.91 Å². The number of likely N-dealkylation sites (tertiary alicyclic amines) is 1. The lowest BCUT2D eigenvalue weighted by atomic mass is 10.0. The van der Waals surface area contributed by atoms with E-state index >= 15 is 0 Å². The van der Waals surface area contributed by atoms with Gasteiger partial charge in [0.05, 0.1) is 11.3 Å². The first-order valence-electron chi connectivity index (χ1n) is 7.85. The van der Waals surface area contributed by atoms with Crippen LogP contribution in [0.3, 0.4) is 0 Å². The first-order chi connectivity index (χ1) is 11.2. The van der Waals surface area contributed by atoms with Crippen LogP contribution in [0, 0.1) is 0 Å². The molecule has 6 nitrogen and oxygen atoms in total. The third kappa shape index (κ3) is 3.00. The quantitative estimate of drug-likeness (QED) is 0.928. The summed E-state index contributed by atoms with van der Waals surface area (Å²) in [7, 11) is 0. The summed E-state index contributed by atoms with van der Waals surface area (Å²) < 4.78 is 11.4. The van der Waals surface area contributed by atoms with Crippen molar-refractivity contribution in [2.45, 2.75) is 18.6 Å². The number of benzene rings is 1. The van der Waals surface area contributed by atoms with Crippen LogP contribution in [-0.2, 0) is 16.1 Å². The molecule has 1 aromatic carbocycles. The van der Waals surface area contributed by atoms with Crippen molar-refractivity contribution in [2.75, 3.05) is 26.2 Å². The zero-order valence-electron chi connectivity index (χ0n) is 12.8. The van der Waals surface area contributed by atoms with E-state index in [0.29, 0.717) is 12.4 Å². The standard InChI is InChI=1S/C17H19N3O3/c21-15-10-23-17(11-18-15)6-7-20(12-17)8-14-9-22-16(19-14)13-4-2-1-3-5-13/h1-5,9H,6-8,10-12H2,(H,18,21). The normalized spacial score (nSPS) is 25.0. The van der Waals surface area contributed by atoms with E-state index in [0.717, 1.165) is 37.3 Å². The highest BCUT2D eigenvalue weighted by molar-refractivity contribution is 5.78. The fraction of sp³-hybridized carbons (Fsp3) is 0.412. The van der Waals surface area contributed by atoms with Crippen LogP contribution in [0.2, 0.25) is 0 Å². The van der Waals surface area contributed by atoms with Crippen LogP contribution < -0.4 is 5.32 Å². The number of amides is 1. The molecule has 0 saturated carbocycles. The van der Waals surface area contributed by atoms with Gasteiger partial charge < -0.3 is 14.5 Å². The molecule has 2 aromatic rings. The Morgan fingerprint density at radius 2 is 2.17 bits per heavy atom. The molecule has 2 aliphatic rings. The van der Waals surface area contributed by atoms with Crippen molar-refractivity contribution in [2.24, 2.45) is 0 Å². The molecular weight excluding hydrogens is 294 g/mol. The lowest BCUT2D eigenvalue weighted by Crippen LogP contribution is -2.53. The second-order valence-electron chi connectivity index (χ2n) is 6.22. The maximum absolute atomic E-state index is 11.2. The van der Waals surface area contributed by atoms with Gasteiger partial charge in [-0.1, -0.05) is 18.2 Å². The van der Waals surface area contributed by atoms with Gasteiger partial charge in [-0.05, 0) is 18.6 Å². The maximum atomic E-state index is 11.2. The molecule has 1 atom stereocenters. The number of morpholine rings is 1. The molecule has 120 valence electrons. The summed E-state index contributed by atoms with van der Waals surface area (Å²) in [6, 6.07) is 9.88. The number of ether oxygens (including phenoxy) is 1. The summed E-state index contributed by atoms with van der Waals surface area (Å²) >= 11 is 0. The Labute approximate surface area is 134 Å². The summed E-state index contributed by atoms with van der Waals surface area (Å²) in [6.07, 6.45) is 2.65. The van der Waals surface area contributed by atoms with Crippen molar-refractivity contribution in [3.63, 3.8) is 0 Å². The van der Waals surface area contributed by atoms with Crippen LogP contribution in [0.4, 0.5) is 0 Å². The van der Waals surface area contributed by atoms with E-state index < -0.39 is 0 Å². The van der Waals surface area contributed by atoms with Crippen LogP contribution in [-0.4, -0.2) is 47.6 Å². The molecule has 2 aliphatic heterocycles. The van der Waals surface area contributed by atoms with Gasteiger partial charge in [-0.2, -0.15) is 0 Å². The molecule has 0 bridgehead atoms. The minimum Gasteiger partial charge on any atom is -0.444 e. The first-order valence-corrected chi connectivity index (χ1v) is 7.85. The lowest BCUT2D eigenvalue weighted by Gasteiger charge is -2.33. The molecule has 1 aromatic heterocycles. The molecule has 1 spiro atoms. The number of hydrogen-bond acceptors (Lipinski definition) is 5. The molecule has 2 fully saturated rings. The van der Waals surface area contributed by atoms with Crippen molar-refractivity contribution < 1.29 is 13.9 Å². The first kappa shape index (κ1) is 14.4. The zero-order valence-corrected chi connectivity index (χ0v) is 12.8. The highest BCUT2D eigenvalue weighted by Gasteiger charge is 2.42. The predicted molar refractivity (Wildman–Crippen MR) is 83.5 cm³/mol. The molecule has 1 N–H and O–H groups in total. The van der Waals surface area contributed by atoms with E-state index in [1.54, 1.807) is 6.26 Å². The van der Waals surface area contributed by atoms with Crippen LogP contribution in [0.15, 0.2) is 41.0 Å². The Bertz CT molecular complexity index is 688. The topological polar surface area (TPSA) is 67.6 Å². The molecule has 2 saturated heterocycles. The third-order valence-electron chi connectivity index (χ3n) is 4.47. The monoisotopic (exact) mass is 313 g/mol. The molecule has 1 unspecified atom stereocenters. The largest absolute Gasteiger partial charge is 0.444 e. The predicted octanol–water partition coefficient (Wildman–Crippen LogP) is 1.43. The summed E-state index contributed by atoms with van der Waals surface area (Å²) in [5, 5.41) is 2.90. The van der Waals surface area contributed by atoms with E-state index in [4.69, 9.17) is 9.15 Å². The Kier molecular flexibility index (Phi) is 3.63. The number of nitrogens with one attached hydrogen (secondary N) is 1. The molecular formula is C17H19N3O3. The second-order valence-corrected chi connectivity index (χ2v) is 6.22.